The Labute approximate surface area is 140 Å². The minimum absolute atomic E-state index is 0.716. The van der Waals surface area contributed by atoms with Crippen molar-refractivity contribution in [2.24, 2.45) is 5.10 Å². The van der Waals surface area contributed by atoms with E-state index in [1.807, 2.05) is 49.4 Å². The summed E-state index contributed by atoms with van der Waals surface area (Å²) in [7, 11) is 1.66. The lowest BCUT2D eigenvalue weighted by molar-refractivity contribution is 0.415. The molecule has 116 valence electrons. The zero-order valence-electron chi connectivity index (χ0n) is 13.0. The Morgan fingerprint density at radius 1 is 1.09 bits per heavy atom. The zero-order chi connectivity index (χ0) is 16.2. The van der Waals surface area contributed by atoms with Gasteiger partial charge in [-0.3, -0.25) is 5.43 Å². The normalized spacial score (nSPS) is 11.1. The molecule has 1 N–H and O–H groups in total. The summed E-state index contributed by atoms with van der Waals surface area (Å²) in [5, 5.41) is 7.29. The van der Waals surface area contributed by atoms with Gasteiger partial charge in [0.05, 0.1) is 19.0 Å². The van der Waals surface area contributed by atoms with Gasteiger partial charge < -0.3 is 4.74 Å². The van der Waals surface area contributed by atoms with E-state index in [1.54, 1.807) is 13.3 Å². The first-order chi connectivity index (χ1) is 11.2. The molecule has 3 rings (SSSR count). The predicted octanol–water partition coefficient (Wildman–Crippen LogP) is 5.26. The van der Waals surface area contributed by atoms with E-state index in [2.05, 4.69) is 22.7 Å². The highest BCUT2D eigenvalue weighted by Crippen LogP contribution is 2.26. The molecule has 0 spiro atoms. The van der Waals surface area contributed by atoms with Crippen LogP contribution in [0.1, 0.15) is 11.1 Å². The number of anilines is 1. The fraction of sp³-hybridized carbons (Fsp3) is 0.105. The summed E-state index contributed by atoms with van der Waals surface area (Å²) in [6.45, 7) is 1.97. The average Bonchev–Trinajstić information content (AvgIpc) is 2.58. The topological polar surface area (TPSA) is 33.6 Å². The van der Waals surface area contributed by atoms with Gasteiger partial charge in [-0.1, -0.05) is 48.0 Å². The molecule has 0 unspecified atom stereocenters. The first kappa shape index (κ1) is 15.4. The van der Waals surface area contributed by atoms with Crippen LogP contribution >= 0.6 is 11.6 Å². The van der Waals surface area contributed by atoms with Gasteiger partial charge in [0, 0.05) is 10.6 Å². The van der Waals surface area contributed by atoms with E-state index >= 15 is 0 Å². The Morgan fingerprint density at radius 2 is 1.91 bits per heavy atom. The number of hydrazone groups is 1. The summed E-state index contributed by atoms with van der Waals surface area (Å²) in [5.74, 6) is 0.788. The van der Waals surface area contributed by atoms with Gasteiger partial charge in [0.1, 0.15) is 5.75 Å². The highest BCUT2D eigenvalue weighted by Gasteiger charge is 2.05. The SMILES string of the molecule is COc1ccc2ccccc2c1/C=N/Nc1ccc(C)c(Cl)c1. The van der Waals surface area contributed by atoms with E-state index in [-0.39, 0.29) is 0 Å². The number of rotatable bonds is 4. The Hall–Kier alpha value is -2.52. The van der Waals surface area contributed by atoms with Gasteiger partial charge >= 0.3 is 0 Å². The van der Waals surface area contributed by atoms with Crippen molar-refractivity contribution in [3.8, 4) is 5.75 Å². The Kier molecular flexibility index (Phi) is 4.49. The van der Waals surface area contributed by atoms with E-state index in [1.165, 1.54) is 0 Å². The van der Waals surface area contributed by atoms with Crippen molar-refractivity contribution in [2.75, 3.05) is 12.5 Å². The van der Waals surface area contributed by atoms with Gasteiger partial charge in [0.15, 0.2) is 0 Å². The minimum Gasteiger partial charge on any atom is -0.496 e. The van der Waals surface area contributed by atoms with Gasteiger partial charge in [0.25, 0.3) is 0 Å². The number of fused-ring (bicyclic) bond motifs is 1. The second kappa shape index (κ2) is 6.71. The first-order valence-electron chi connectivity index (χ1n) is 7.30. The molecule has 0 amide bonds. The van der Waals surface area contributed by atoms with Gasteiger partial charge in [0.2, 0.25) is 0 Å². The number of benzene rings is 3. The van der Waals surface area contributed by atoms with Crippen LogP contribution in [0.5, 0.6) is 5.75 Å². The molecule has 4 heteroatoms. The Bertz CT molecular complexity index is 874. The maximum atomic E-state index is 6.12. The number of hydrogen-bond donors (Lipinski definition) is 1. The van der Waals surface area contributed by atoms with E-state index in [0.29, 0.717) is 5.02 Å². The molecule has 3 aromatic carbocycles. The first-order valence-corrected chi connectivity index (χ1v) is 7.68. The number of methoxy groups -OCH3 is 1. The summed E-state index contributed by atoms with van der Waals surface area (Å²) in [4.78, 5) is 0. The second-order valence-electron chi connectivity index (χ2n) is 5.24. The van der Waals surface area contributed by atoms with Crippen LogP contribution in [0.2, 0.25) is 5.02 Å². The van der Waals surface area contributed by atoms with Crippen molar-refractivity contribution in [1.82, 2.24) is 0 Å². The van der Waals surface area contributed by atoms with Crippen molar-refractivity contribution < 1.29 is 4.74 Å². The summed E-state index contributed by atoms with van der Waals surface area (Å²) < 4.78 is 5.45. The van der Waals surface area contributed by atoms with Crippen LogP contribution in [0.15, 0.2) is 59.7 Å². The van der Waals surface area contributed by atoms with Gasteiger partial charge in [-0.2, -0.15) is 5.10 Å². The predicted molar refractivity (Wildman–Crippen MR) is 97.9 cm³/mol. The Balaban J connectivity index is 1.92. The van der Waals surface area contributed by atoms with Gasteiger partial charge in [-0.05, 0) is 41.5 Å². The summed E-state index contributed by atoms with van der Waals surface area (Å²) in [6, 6.07) is 17.9. The standard InChI is InChI=1S/C19H17ClN2O/c1-13-7-9-15(11-18(13)20)22-21-12-17-16-6-4-3-5-14(16)8-10-19(17)23-2/h3-12,22H,1-2H3/b21-12+. The quantitative estimate of drug-likeness (QED) is 0.525. The van der Waals surface area contributed by atoms with E-state index in [4.69, 9.17) is 16.3 Å². The number of halogens is 1. The maximum Gasteiger partial charge on any atom is 0.128 e. The third-order valence-corrected chi connectivity index (χ3v) is 4.12. The number of aryl methyl sites for hydroxylation is 1. The lowest BCUT2D eigenvalue weighted by atomic mass is 10.0. The molecule has 0 heterocycles. The van der Waals surface area contributed by atoms with E-state index < -0.39 is 0 Å². The van der Waals surface area contributed by atoms with Crippen LogP contribution in [0.4, 0.5) is 5.69 Å². The van der Waals surface area contributed by atoms with Crippen LogP contribution in [-0.4, -0.2) is 13.3 Å². The van der Waals surface area contributed by atoms with Crippen molar-refractivity contribution >= 4 is 34.3 Å². The molecule has 0 aliphatic rings. The molecule has 0 aromatic heterocycles. The molecule has 0 fully saturated rings. The highest BCUT2D eigenvalue weighted by atomic mass is 35.5. The molecule has 3 nitrogen and oxygen atoms in total. The molecule has 0 bridgehead atoms. The lowest BCUT2D eigenvalue weighted by Gasteiger charge is -2.08. The molecule has 0 aliphatic carbocycles. The van der Waals surface area contributed by atoms with E-state index in [0.717, 1.165) is 33.3 Å². The minimum atomic E-state index is 0.716. The molecular formula is C19H17ClN2O. The monoisotopic (exact) mass is 324 g/mol. The van der Waals surface area contributed by atoms with Crippen molar-refractivity contribution in [3.05, 3.63) is 70.7 Å². The van der Waals surface area contributed by atoms with E-state index in [9.17, 15) is 0 Å². The molecule has 0 saturated heterocycles. The number of nitrogens with one attached hydrogen (secondary N) is 1. The van der Waals surface area contributed by atoms with Crippen LogP contribution in [-0.2, 0) is 0 Å². The van der Waals surface area contributed by atoms with Gasteiger partial charge in [-0.25, -0.2) is 0 Å². The van der Waals surface area contributed by atoms with Crippen LogP contribution in [0, 0.1) is 6.92 Å². The maximum absolute atomic E-state index is 6.12. The fourth-order valence-corrected chi connectivity index (χ4v) is 2.60. The zero-order valence-corrected chi connectivity index (χ0v) is 13.8. The summed E-state index contributed by atoms with van der Waals surface area (Å²) in [6.07, 6.45) is 1.77. The average molecular weight is 325 g/mol. The highest BCUT2D eigenvalue weighted by molar-refractivity contribution is 6.31. The van der Waals surface area contributed by atoms with Crippen molar-refractivity contribution in [3.63, 3.8) is 0 Å². The summed E-state index contributed by atoms with van der Waals surface area (Å²) in [5.41, 5.74) is 5.83. The Morgan fingerprint density at radius 3 is 2.70 bits per heavy atom. The summed E-state index contributed by atoms with van der Waals surface area (Å²) >= 11 is 6.12. The van der Waals surface area contributed by atoms with Crippen LogP contribution in [0.25, 0.3) is 10.8 Å². The lowest BCUT2D eigenvalue weighted by Crippen LogP contribution is -1.95. The largest absolute Gasteiger partial charge is 0.496 e. The fourth-order valence-electron chi connectivity index (χ4n) is 2.42. The van der Waals surface area contributed by atoms with Crippen LogP contribution < -0.4 is 10.2 Å². The molecule has 23 heavy (non-hydrogen) atoms. The number of ether oxygens (including phenoxy) is 1. The molecule has 0 atom stereocenters. The molecule has 0 radical (unpaired) electrons. The smallest absolute Gasteiger partial charge is 0.128 e. The third kappa shape index (κ3) is 3.30. The van der Waals surface area contributed by atoms with Crippen LogP contribution in [0.3, 0.4) is 0 Å². The molecule has 3 aromatic rings. The van der Waals surface area contributed by atoms with Gasteiger partial charge in [-0.15, -0.1) is 0 Å². The number of nitrogens with zero attached hydrogens (tertiary/aromatic N) is 1. The van der Waals surface area contributed by atoms with Crippen molar-refractivity contribution in [2.45, 2.75) is 6.92 Å². The molecular weight excluding hydrogens is 308 g/mol. The molecule has 0 saturated carbocycles. The number of hydrogen-bond acceptors (Lipinski definition) is 3. The molecule has 0 aliphatic heterocycles. The third-order valence-electron chi connectivity index (χ3n) is 3.71. The van der Waals surface area contributed by atoms with Crippen molar-refractivity contribution in [1.29, 1.82) is 0 Å². The second-order valence-corrected chi connectivity index (χ2v) is 5.64.